The largest absolute Gasteiger partial charge is 0.480 e. The summed E-state index contributed by atoms with van der Waals surface area (Å²) in [6.07, 6.45) is 2.49. The van der Waals surface area contributed by atoms with Gasteiger partial charge in [0.1, 0.15) is 5.82 Å². The van der Waals surface area contributed by atoms with E-state index in [4.69, 9.17) is 5.11 Å². The van der Waals surface area contributed by atoms with Crippen LogP contribution in [0.5, 0.6) is 0 Å². The van der Waals surface area contributed by atoms with Gasteiger partial charge in [-0.05, 0) is 56.0 Å². The number of likely N-dealkylation sites (tertiary alicyclic amines) is 1. The minimum Gasteiger partial charge on any atom is -0.480 e. The summed E-state index contributed by atoms with van der Waals surface area (Å²) in [6, 6.07) is 6.48. The van der Waals surface area contributed by atoms with E-state index in [0.717, 1.165) is 29.3 Å². The van der Waals surface area contributed by atoms with E-state index in [1.54, 1.807) is 12.1 Å². The lowest BCUT2D eigenvalue weighted by atomic mass is 10.1. The van der Waals surface area contributed by atoms with Gasteiger partial charge in [0.15, 0.2) is 0 Å². The van der Waals surface area contributed by atoms with E-state index in [1.165, 1.54) is 23.5 Å². The fourth-order valence-electron chi connectivity index (χ4n) is 3.34. The molecule has 1 atom stereocenters. The minimum atomic E-state index is -0.836. The molecule has 1 saturated heterocycles. The Balaban J connectivity index is 1.68. The molecular formula is C18H21FN2O3S. The maximum Gasteiger partial charge on any atom is 0.317 e. The SMILES string of the molecule is CN(CC(=O)O)C1CCCN(C(=O)c2cc3cc(F)ccc3s2)CC1. The van der Waals surface area contributed by atoms with Crippen molar-refractivity contribution in [3.63, 3.8) is 0 Å². The number of nitrogens with zero attached hydrogens (tertiary/aromatic N) is 2. The zero-order valence-electron chi connectivity index (χ0n) is 14.1. The van der Waals surface area contributed by atoms with Gasteiger partial charge in [0.25, 0.3) is 5.91 Å². The lowest BCUT2D eigenvalue weighted by Crippen LogP contribution is -2.37. The Labute approximate surface area is 149 Å². The van der Waals surface area contributed by atoms with Crippen LogP contribution in [0.4, 0.5) is 4.39 Å². The third kappa shape index (κ3) is 4.16. The van der Waals surface area contributed by atoms with Crippen LogP contribution in [-0.2, 0) is 4.79 Å². The molecule has 1 fully saturated rings. The third-order valence-corrected chi connectivity index (χ3v) is 5.79. The highest BCUT2D eigenvalue weighted by molar-refractivity contribution is 7.20. The van der Waals surface area contributed by atoms with Gasteiger partial charge in [0, 0.05) is 23.8 Å². The number of fused-ring (bicyclic) bond motifs is 1. The van der Waals surface area contributed by atoms with Crippen molar-refractivity contribution in [3.8, 4) is 0 Å². The van der Waals surface area contributed by atoms with Gasteiger partial charge in [-0.1, -0.05) is 0 Å². The quantitative estimate of drug-likeness (QED) is 0.906. The Kier molecular flexibility index (Phi) is 5.34. The van der Waals surface area contributed by atoms with Crippen LogP contribution in [0, 0.1) is 5.82 Å². The molecule has 25 heavy (non-hydrogen) atoms. The monoisotopic (exact) mass is 364 g/mol. The van der Waals surface area contributed by atoms with Gasteiger partial charge in [0.05, 0.1) is 11.4 Å². The Hall–Kier alpha value is -1.99. The second-order valence-corrected chi connectivity index (χ2v) is 7.56. The smallest absolute Gasteiger partial charge is 0.317 e. The Bertz CT molecular complexity index is 792. The first-order valence-electron chi connectivity index (χ1n) is 8.34. The maximum atomic E-state index is 13.3. The average Bonchev–Trinajstić information content (AvgIpc) is 2.81. The summed E-state index contributed by atoms with van der Waals surface area (Å²) >= 11 is 1.38. The molecule has 0 spiro atoms. The average molecular weight is 364 g/mol. The van der Waals surface area contributed by atoms with E-state index < -0.39 is 5.97 Å². The lowest BCUT2D eigenvalue weighted by Gasteiger charge is -2.25. The second kappa shape index (κ2) is 7.49. The van der Waals surface area contributed by atoms with Gasteiger partial charge in [-0.15, -0.1) is 11.3 Å². The van der Waals surface area contributed by atoms with Crippen molar-refractivity contribution in [2.75, 3.05) is 26.7 Å². The maximum absolute atomic E-state index is 13.3. The number of rotatable bonds is 4. The molecule has 5 nitrogen and oxygen atoms in total. The highest BCUT2D eigenvalue weighted by Gasteiger charge is 2.25. The van der Waals surface area contributed by atoms with Crippen molar-refractivity contribution in [3.05, 3.63) is 35.0 Å². The minimum absolute atomic E-state index is 0.0144. The van der Waals surface area contributed by atoms with Crippen LogP contribution in [0.25, 0.3) is 10.1 Å². The summed E-state index contributed by atoms with van der Waals surface area (Å²) in [5, 5.41) is 9.68. The summed E-state index contributed by atoms with van der Waals surface area (Å²) in [5.41, 5.74) is 0. The molecule has 0 aliphatic carbocycles. The molecule has 1 aromatic heterocycles. The third-order valence-electron chi connectivity index (χ3n) is 4.68. The van der Waals surface area contributed by atoms with Gasteiger partial charge >= 0.3 is 5.97 Å². The number of carbonyl (C=O) groups is 2. The number of carbonyl (C=O) groups excluding carboxylic acids is 1. The molecule has 1 amide bonds. The molecule has 1 aromatic carbocycles. The molecule has 1 unspecified atom stereocenters. The van der Waals surface area contributed by atoms with Crippen LogP contribution >= 0.6 is 11.3 Å². The molecule has 1 aliphatic rings. The summed E-state index contributed by atoms with van der Waals surface area (Å²) in [5.74, 6) is -1.16. The molecule has 3 rings (SSSR count). The standard InChI is InChI=1S/C18H21FN2O3S/c1-20(11-17(22)23)14-3-2-7-21(8-6-14)18(24)16-10-12-9-13(19)4-5-15(12)25-16/h4-5,9-10,14H,2-3,6-8,11H2,1H3,(H,22,23). The fraction of sp³-hybridized carbons (Fsp3) is 0.444. The van der Waals surface area contributed by atoms with E-state index in [-0.39, 0.29) is 24.3 Å². The number of benzene rings is 1. The summed E-state index contributed by atoms with van der Waals surface area (Å²) in [7, 11) is 1.82. The molecule has 134 valence electrons. The number of halogens is 1. The van der Waals surface area contributed by atoms with E-state index in [1.807, 2.05) is 16.8 Å². The van der Waals surface area contributed by atoms with E-state index >= 15 is 0 Å². The van der Waals surface area contributed by atoms with E-state index in [9.17, 15) is 14.0 Å². The number of amides is 1. The molecule has 0 saturated carbocycles. The molecule has 2 aromatic rings. The van der Waals surface area contributed by atoms with Crippen LogP contribution in [0.15, 0.2) is 24.3 Å². The fourth-order valence-corrected chi connectivity index (χ4v) is 4.35. The number of thiophene rings is 1. The van der Waals surface area contributed by atoms with Gasteiger partial charge in [0.2, 0.25) is 0 Å². The summed E-state index contributed by atoms with van der Waals surface area (Å²) in [4.78, 5) is 28.0. The van der Waals surface area contributed by atoms with Crippen molar-refractivity contribution in [2.45, 2.75) is 25.3 Å². The Morgan fingerprint density at radius 3 is 2.88 bits per heavy atom. The van der Waals surface area contributed by atoms with Crippen molar-refractivity contribution < 1.29 is 19.1 Å². The summed E-state index contributed by atoms with van der Waals surface area (Å²) in [6.45, 7) is 1.29. The van der Waals surface area contributed by atoms with Crippen LogP contribution < -0.4 is 0 Å². The molecule has 1 aliphatic heterocycles. The van der Waals surface area contributed by atoms with Crippen molar-refractivity contribution >= 4 is 33.3 Å². The molecule has 1 N–H and O–H groups in total. The zero-order valence-corrected chi connectivity index (χ0v) is 14.9. The highest BCUT2D eigenvalue weighted by Crippen LogP contribution is 2.28. The number of hydrogen-bond donors (Lipinski definition) is 1. The topological polar surface area (TPSA) is 60.9 Å². The van der Waals surface area contributed by atoms with Gasteiger partial charge in [-0.2, -0.15) is 0 Å². The van der Waals surface area contributed by atoms with Gasteiger partial charge in [-0.25, -0.2) is 4.39 Å². The first kappa shape index (κ1) is 17.8. The highest BCUT2D eigenvalue weighted by atomic mass is 32.1. The number of hydrogen-bond acceptors (Lipinski definition) is 4. The molecule has 7 heteroatoms. The summed E-state index contributed by atoms with van der Waals surface area (Å²) < 4.78 is 14.2. The van der Waals surface area contributed by atoms with Crippen molar-refractivity contribution in [1.29, 1.82) is 0 Å². The van der Waals surface area contributed by atoms with E-state index in [0.29, 0.717) is 18.0 Å². The van der Waals surface area contributed by atoms with Crippen LogP contribution in [0.2, 0.25) is 0 Å². The Morgan fingerprint density at radius 1 is 1.32 bits per heavy atom. The molecular weight excluding hydrogens is 343 g/mol. The zero-order chi connectivity index (χ0) is 18.0. The Morgan fingerprint density at radius 2 is 2.12 bits per heavy atom. The van der Waals surface area contributed by atoms with E-state index in [2.05, 4.69) is 0 Å². The number of likely N-dealkylation sites (N-methyl/N-ethyl adjacent to an activating group) is 1. The predicted molar refractivity (Wildman–Crippen MR) is 95.6 cm³/mol. The molecule has 0 radical (unpaired) electrons. The van der Waals surface area contributed by atoms with Crippen molar-refractivity contribution in [2.24, 2.45) is 0 Å². The normalized spacial score (nSPS) is 18.5. The second-order valence-electron chi connectivity index (χ2n) is 6.48. The van der Waals surface area contributed by atoms with Crippen LogP contribution in [0.3, 0.4) is 0 Å². The van der Waals surface area contributed by atoms with Crippen LogP contribution in [0.1, 0.15) is 28.9 Å². The van der Waals surface area contributed by atoms with Crippen molar-refractivity contribution in [1.82, 2.24) is 9.80 Å². The lowest BCUT2D eigenvalue weighted by molar-refractivity contribution is -0.138. The first-order valence-corrected chi connectivity index (χ1v) is 9.16. The number of aliphatic carboxylic acids is 1. The predicted octanol–water partition coefficient (Wildman–Crippen LogP) is 3.05. The molecule has 2 heterocycles. The van der Waals surface area contributed by atoms with Gasteiger partial charge in [-0.3, -0.25) is 14.5 Å². The van der Waals surface area contributed by atoms with Crippen LogP contribution in [-0.4, -0.2) is 59.5 Å². The molecule has 0 bridgehead atoms. The first-order chi connectivity index (χ1) is 11.9. The number of carboxylic acids is 1. The number of carboxylic acid groups (broad SMARTS) is 1. The van der Waals surface area contributed by atoms with Gasteiger partial charge < -0.3 is 10.0 Å².